The minimum Gasteiger partial charge on any atom is -0.465 e. The number of halogens is 1. The number of esters is 1. The molecule has 0 aliphatic heterocycles. The van der Waals surface area contributed by atoms with Gasteiger partial charge in [0.1, 0.15) is 5.56 Å². The molecular weight excluding hydrogens is 432 g/mol. The van der Waals surface area contributed by atoms with E-state index in [1.54, 1.807) is 36.4 Å². The third-order valence-corrected chi connectivity index (χ3v) is 5.21. The van der Waals surface area contributed by atoms with E-state index in [9.17, 15) is 14.4 Å². The third-order valence-electron chi connectivity index (χ3n) is 3.72. The van der Waals surface area contributed by atoms with Gasteiger partial charge in [-0.3, -0.25) is 9.59 Å². The van der Waals surface area contributed by atoms with Crippen LogP contribution >= 0.6 is 27.7 Å². The zero-order valence-corrected chi connectivity index (χ0v) is 16.6. The van der Waals surface area contributed by atoms with Crippen LogP contribution in [0.2, 0.25) is 0 Å². The van der Waals surface area contributed by atoms with Crippen LogP contribution in [0.1, 0.15) is 10.4 Å². The first kappa shape index (κ1) is 19.2. The van der Waals surface area contributed by atoms with E-state index < -0.39 is 11.4 Å². The van der Waals surface area contributed by atoms with Gasteiger partial charge in [-0.05, 0) is 30.3 Å². The predicted octanol–water partition coefficient (Wildman–Crippen LogP) is 3.81. The second-order valence-electron chi connectivity index (χ2n) is 5.54. The molecule has 0 spiro atoms. The second-order valence-corrected chi connectivity index (χ2v) is 7.44. The van der Waals surface area contributed by atoms with Crippen LogP contribution in [-0.4, -0.2) is 29.7 Å². The fourth-order valence-electron chi connectivity index (χ4n) is 2.51. The Kier molecular flexibility index (Phi) is 5.98. The van der Waals surface area contributed by atoms with Crippen molar-refractivity contribution in [1.29, 1.82) is 0 Å². The molecule has 6 nitrogen and oxygen atoms in total. The van der Waals surface area contributed by atoms with E-state index in [1.165, 1.54) is 7.11 Å². The molecule has 1 heterocycles. The van der Waals surface area contributed by atoms with Crippen LogP contribution in [0.25, 0.3) is 10.9 Å². The average Bonchev–Trinajstić information content (AvgIpc) is 2.66. The Labute approximate surface area is 167 Å². The van der Waals surface area contributed by atoms with Crippen molar-refractivity contribution in [2.24, 2.45) is 0 Å². The number of hydrogen-bond donors (Lipinski definition) is 2. The highest BCUT2D eigenvalue weighted by molar-refractivity contribution is 9.10. The van der Waals surface area contributed by atoms with Gasteiger partial charge in [0, 0.05) is 15.5 Å². The Morgan fingerprint density at radius 1 is 1.19 bits per heavy atom. The van der Waals surface area contributed by atoms with E-state index >= 15 is 0 Å². The van der Waals surface area contributed by atoms with Gasteiger partial charge in [-0.15, -0.1) is 0 Å². The molecule has 3 aromatic rings. The number of carbonyl (C=O) groups is 2. The Morgan fingerprint density at radius 2 is 1.96 bits per heavy atom. The fraction of sp³-hybridized carbons (Fsp3) is 0.105. The number of aromatic nitrogens is 1. The summed E-state index contributed by atoms with van der Waals surface area (Å²) in [6, 6.07) is 14.1. The van der Waals surface area contributed by atoms with Gasteiger partial charge in [-0.25, -0.2) is 4.79 Å². The molecule has 0 fully saturated rings. The largest absolute Gasteiger partial charge is 0.465 e. The number of thioether (sulfide) groups is 1. The number of fused-ring (bicyclic) bond motifs is 1. The number of aromatic amines is 1. The van der Waals surface area contributed by atoms with Crippen LogP contribution in [0.3, 0.4) is 0 Å². The number of hydrogen-bond acceptors (Lipinski definition) is 5. The third kappa shape index (κ3) is 4.40. The normalized spacial score (nSPS) is 10.6. The summed E-state index contributed by atoms with van der Waals surface area (Å²) in [4.78, 5) is 40.1. The molecule has 0 saturated heterocycles. The zero-order chi connectivity index (χ0) is 19.4. The van der Waals surface area contributed by atoms with Gasteiger partial charge in [0.15, 0.2) is 0 Å². The number of carbonyl (C=O) groups excluding carboxylic acids is 2. The van der Waals surface area contributed by atoms with Crippen LogP contribution in [-0.2, 0) is 9.53 Å². The number of benzene rings is 2. The molecule has 27 heavy (non-hydrogen) atoms. The molecule has 138 valence electrons. The fourth-order valence-corrected chi connectivity index (χ4v) is 3.76. The lowest BCUT2D eigenvalue weighted by Gasteiger charge is -2.10. The molecule has 0 bridgehead atoms. The number of methoxy groups -OCH3 is 1. The first-order valence-corrected chi connectivity index (χ1v) is 9.69. The average molecular weight is 447 g/mol. The number of pyridine rings is 1. The van der Waals surface area contributed by atoms with E-state index in [0.717, 1.165) is 16.2 Å². The summed E-state index contributed by atoms with van der Waals surface area (Å²) in [5, 5.41) is 3.46. The van der Waals surface area contributed by atoms with E-state index in [4.69, 9.17) is 4.74 Å². The molecular formula is C19H15BrN2O4S. The van der Waals surface area contributed by atoms with Gasteiger partial charge in [-0.2, -0.15) is 0 Å². The summed E-state index contributed by atoms with van der Waals surface area (Å²) < 4.78 is 5.59. The maximum Gasteiger partial charge on any atom is 0.344 e. The number of rotatable bonds is 5. The highest BCUT2D eigenvalue weighted by Crippen LogP contribution is 2.23. The second kappa shape index (κ2) is 8.41. The SMILES string of the molecule is COC(=O)c1c(SCC(=O)Nc2cccc(Br)c2)[nH]c2ccccc2c1=O. The van der Waals surface area contributed by atoms with Crippen LogP contribution in [0.4, 0.5) is 5.69 Å². The maximum atomic E-state index is 12.7. The Balaban J connectivity index is 1.86. The van der Waals surface area contributed by atoms with Crippen molar-refractivity contribution < 1.29 is 14.3 Å². The first-order chi connectivity index (χ1) is 13.0. The monoisotopic (exact) mass is 446 g/mol. The summed E-state index contributed by atoms with van der Waals surface area (Å²) in [6.07, 6.45) is 0. The van der Waals surface area contributed by atoms with Gasteiger partial charge in [0.2, 0.25) is 11.3 Å². The van der Waals surface area contributed by atoms with Gasteiger partial charge in [-0.1, -0.05) is 45.9 Å². The first-order valence-electron chi connectivity index (χ1n) is 7.91. The summed E-state index contributed by atoms with van der Waals surface area (Å²) in [5.74, 6) is -0.982. The Hall–Kier alpha value is -2.58. The van der Waals surface area contributed by atoms with Crippen molar-refractivity contribution in [1.82, 2.24) is 4.98 Å². The van der Waals surface area contributed by atoms with Crippen molar-refractivity contribution in [2.75, 3.05) is 18.2 Å². The molecule has 0 saturated carbocycles. The van der Waals surface area contributed by atoms with Gasteiger partial charge in [0.25, 0.3) is 0 Å². The number of ether oxygens (including phenoxy) is 1. The number of anilines is 1. The van der Waals surface area contributed by atoms with E-state index in [1.807, 2.05) is 12.1 Å². The van der Waals surface area contributed by atoms with Gasteiger partial charge >= 0.3 is 5.97 Å². The molecule has 0 aliphatic rings. The molecule has 0 atom stereocenters. The lowest BCUT2D eigenvalue weighted by molar-refractivity contribution is -0.113. The highest BCUT2D eigenvalue weighted by Gasteiger charge is 2.20. The van der Waals surface area contributed by atoms with Crippen LogP contribution in [0, 0.1) is 0 Å². The zero-order valence-electron chi connectivity index (χ0n) is 14.2. The molecule has 2 aromatic carbocycles. The number of H-pyrrole nitrogens is 1. The summed E-state index contributed by atoms with van der Waals surface area (Å²) in [5.41, 5.74) is 0.711. The summed E-state index contributed by atoms with van der Waals surface area (Å²) >= 11 is 4.42. The topological polar surface area (TPSA) is 88.3 Å². The molecule has 0 aliphatic carbocycles. The van der Waals surface area contributed by atoms with Crippen LogP contribution in [0.5, 0.6) is 0 Å². The molecule has 1 amide bonds. The summed E-state index contributed by atoms with van der Waals surface area (Å²) in [7, 11) is 1.21. The quantitative estimate of drug-likeness (QED) is 0.459. The standard InChI is InChI=1S/C19H15BrN2O4S/c1-26-19(25)16-17(24)13-7-2-3-8-14(13)22-18(16)27-10-15(23)21-12-6-4-5-11(20)9-12/h2-9H,10H2,1H3,(H,21,23)(H,22,24). The molecule has 8 heteroatoms. The van der Waals surface area contributed by atoms with Crippen molar-refractivity contribution in [3.63, 3.8) is 0 Å². The van der Waals surface area contributed by atoms with Crippen molar-refractivity contribution in [3.8, 4) is 0 Å². The number of para-hydroxylation sites is 1. The van der Waals surface area contributed by atoms with Gasteiger partial charge < -0.3 is 15.0 Å². The highest BCUT2D eigenvalue weighted by atomic mass is 79.9. The van der Waals surface area contributed by atoms with E-state index in [2.05, 4.69) is 26.2 Å². The Bertz CT molecular complexity index is 1080. The molecule has 3 rings (SSSR count). The van der Waals surface area contributed by atoms with E-state index in [-0.39, 0.29) is 17.2 Å². The minimum atomic E-state index is -0.739. The molecule has 0 radical (unpaired) electrons. The summed E-state index contributed by atoms with van der Waals surface area (Å²) in [6.45, 7) is 0. The minimum absolute atomic E-state index is 0.0186. The van der Waals surface area contributed by atoms with Crippen molar-refractivity contribution in [3.05, 3.63) is 68.8 Å². The van der Waals surface area contributed by atoms with Crippen LogP contribution < -0.4 is 10.7 Å². The van der Waals surface area contributed by atoms with Gasteiger partial charge in [0.05, 0.1) is 23.4 Å². The Morgan fingerprint density at radius 3 is 2.70 bits per heavy atom. The maximum absolute atomic E-state index is 12.7. The smallest absolute Gasteiger partial charge is 0.344 e. The number of amides is 1. The van der Waals surface area contributed by atoms with E-state index in [0.29, 0.717) is 21.6 Å². The predicted molar refractivity (Wildman–Crippen MR) is 109 cm³/mol. The van der Waals surface area contributed by atoms with Crippen LogP contribution in [0.15, 0.2) is 62.8 Å². The van der Waals surface area contributed by atoms with Crippen molar-refractivity contribution >= 4 is 56.2 Å². The lowest BCUT2D eigenvalue weighted by Crippen LogP contribution is -2.20. The molecule has 2 N–H and O–H groups in total. The number of nitrogens with one attached hydrogen (secondary N) is 2. The molecule has 1 aromatic heterocycles. The lowest BCUT2D eigenvalue weighted by atomic mass is 10.1. The molecule has 0 unspecified atom stereocenters. The van der Waals surface area contributed by atoms with Crippen molar-refractivity contribution in [2.45, 2.75) is 5.03 Å².